The second kappa shape index (κ2) is 13.2. The number of piperidine rings is 1. The molecule has 10 heteroatoms. The number of carbonyl (C=O) groups is 1. The molecule has 2 aliphatic heterocycles. The number of benzene rings is 2. The minimum absolute atomic E-state index is 0.0198. The molecule has 9 nitrogen and oxygen atoms in total. The molecule has 3 aromatic rings. The molecule has 1 saturated carbocycles. The molecule has 3 heterocycles. The number of hydrogen-bond acceptors (Lipinski definition) is 7. The number of carbonyl (C=O) groups excluding carboxylic acids is 1. The van der Waals surface area contributed by atoms with Gasteiger partial charge < -0.3 is 20.4 Å². The van der Waals surface area contributed by atoms with Crippen molar-refractivity contribution in [3.8, 4) is 6.07 Å². The maximum atomic E-state index is 12.9. The Labute approximate surface area is 266 Å². The normalized spacial score (nSPS) is 22.6. The van der Waals surface area contributed by atoms with Gasteiger partial charge in [0, 0.05) is 62.6 Å². The molecule has 1 aromatic heterocycles. The van der Waals surface area contributed by atoms with Crippen molar-refractivity contribution < 1.29 is 13.2 Å². The third kappa shape index (κ3) is 6.16. The molecular formula is C35H42N6O3S. The molecule has 0 spiro atoms. The number of likely N-dealkylation sites (tertiary alicyclic amines) is 1. The number of amides is 2. The highest BCUT2D eigenvalue weighted by Crippen LogP contribution is 2.50. The van der Waals surface area contributed by atoms with Gasteiger partial charge in [-0.3, -0.25) is 4.98 Å². The number of nitriles is 1. The summed E-state index contributed by atoms with van der Waals surface area (Å²) in [5, 5.41) is 16.8. The second-order valence-corrected chi connectivity index (χ2v) is 14.7. The van der Waals surface area contributed by atoms with Crippen molar-refractivity contribution in [2.24, 2.45) is 17.8 Å². The van der Waals surface area contributed by atoms with E-state index < -0.39 is 15.3 Å². The Balaban J connectivity index is 1.07. The van der Waals surface area contributed by atoms with E-state index in [-0.39, 0.29) is 33.7 Å². The SMILES string of the molecule is CNC(=O)N[C@@H]1CCC[C@H]1C(C#N)(c1ccccc1)C1CCN(CC2CN(c3ccc(S(=O)(=O)c4ccncc4)cc3)C2)CC1. The highest BCUT2D eigenvalue weighted by atomic mass is 32.2. The van der Waals surface area contributed by atoms with Crippen molar-refractivity contribution >= 4 is 21.6 Å². The van der Waals surface area contributed by atoms with Crippen LogP contribution in [0.1, 0.15) is 37.7 Å². The molecule has 1 aliphatic carbocycles. The van der Waals surface area contributed by atoms with Crippen LogP contribution in [0.4, 0.5) is 10.5 Å². The van der Waals surface area contributed by atoms with Gasteiger partial charge in [0.1, 0.15) is 0 Å². The first-order valence-electron chi connectivity index (χ1n) is 16.0. The average molecular weight is 627 g/mol. The minimum atomic E-state index is -3.56. The number of rotatable bonds is 9. The van der Waals surface area contributed by atoms with Crippen molar-refractivity contribution in [1.29, 1.82) is 5.26 Å². The fourth-order valence-electron chi connectivity index (χ4n) is 7.95. The molecule has 3 fully saturated rings. The van der Waals surface area contributed by atoms with Gasteiger partial charge >= 0.3 is 6.03 Å². The summed E-state index contributed by atoms with van der Waals surface area (Å²) in [5.74, 6) is 0.843. The summed E-state index contributed by atoms with van der Waals surface area (Å²) in [7, 11) is -1.92. The number of sulfone groups is 1. The number of nitrogens with zero attached hydrogens (tertiary/aromatic N) is 4. The Kier molecular flexibility index (Phi) is 9.11. The van der Waals surface area contributed by atoms with Gasteiger partial charge in [-0.2, -0.15) is 5.26 Å². The number of nitrogens with one attached hydrogen (secondary N) is 2. The van der Waals surface area contributed by atoms with Crippen LogP contribution in [0.25, 0.3) is 0 Å². The summed E-state index contributed by atoms with van der Waals surface area (Å²) in [6, 6.07) is 23.1. The first-order valence-corrected chi connectivity index (χ1v) is 17.5. The van der Waals surface area contributed by atoms with Crippen LogP contribution in [-0.2, 0) is 15.3 Å². The summed E-state index contributed by atoms with van der Waals surface area (Å²) in [5.41, 5.74) is 1.48. The van der Waals surface area contributed by atoms with Crippen LogP contribution in [0.5, 0.6) is 0 Å². The zero-order valence-corrected chi connectivity index (χ0v) is 26.6. The molecule has 236 valence electrons. The van der Waals surface area contributed by atoms with Gasteiger partial charge in [0.2, 0.25) is 9.84 Å². The Bertz CT molecular complexity index is 1600. The van der Waals surface area contributed by atoms with Crippen LogP contribution in [-0.4, -0.2) is 70.1 Å². The van der Waals surface area contributed by atoms with Crippen LogP contribution in [0, 0.1) is 29.1 Å². The van der Waals surface area contributed by atoms with Crippen LogP contribution in [0.2, 0.25) is 0 Å². The zero-order valence-electron chi connectivity index (χ0n) is 25.8. The Morgan fingerprint density at radius 2 is 1.62 bits per heavy atom. The highest BCUT2D eigenvalue weighted by molar-refractivity contribution is 7.91. The topological polar surface area (TPSA) is 118 Å². The van der Waals surface area contributed by atoms with Gasteiger partial charge in [0.05, 0.1) is 21.3 Å². The lowest BCUT2D eigenvalue weighted by atomic mass is 9.59. The van der Waals surface area contributed by atoms with Crippen molar-refractivity contribution in [3.05, 3.63) is 84.7 Å². The summed E-state index contributed by atoms with van der Waals surface area (Å²) < 4.78 is 25.8. The molecule has 0 bridgehead atoms. The highest BCUT2D eigenvalue weighted by Gasteiger charge is 2.52. The second-order valence-electron chi connectivity index (χ2n) is 12.7. The molecule has 6 rings (SSSR count). The van der Waals surface area contributed by atoms with Crippen LogP contribution in [0.3, 0.4) is 0 Å². The van der Waals surface area contributed by atoms with Crippen LogP contribution >= 0.6 is 0 Å². The van der Waals surface area contributed by atoms with Crippen LogP contribution < -0.4 is 15.5 Å². The largest absolute Gasteiger partial charge is 0.371 e. The molecule has 2 N–H and O–H groups in total. The van der Waals surface area contributed by atoms with Crippen molar-refractivity contribution in [3.63, 3.8) is 0 Å². The summed E-state index contributed by atoms with van der Waals surface area (Å²) >= 11 is 0. The standard InChI is InChI=1S/C35H42N6O3S/c1-37-34(42)39-33-9-5-8-32(33)35(25-36,27-6-3-2-4-7-27)28-16-20-40(21-17-28)22-26-23-41(24-26)29-10-12-30(13-11-29)45(43,44)31-14-18-38-19-15-31/h2-4,6-7,10-15,18-19,26,28,32-33H,5,8-9,16-17,20-24H2,1H3,(H2,37,39,42)/t32-,33-,35?/m1/s1. The van der Waals surface area contributed by atoms with Crippen molar-refractivity contribution in [1.82, 2.24) is 20.5 Å². The molecule has 1 unspecified atom stereocenters. The quantitative estimate of drug-likeness (QED) is 0.356. The predicted octanol–water partition coefficient (Wildman–Crippen LogP) is 4.62. The number of aromatic nitrogens is 1. The van der Waals surface area contributed by atoms with Gasteiger partial charge in [-0.25, -0.2) is 13.2 Å². The Morgan fingerprint density at radius 3 is 2.27 bits per heavy atom. The van der Waals surface area contributed by atoms with E-state index in [1.807, 2.05) is 30.3 Å². The van der Waals surface area contributed by atoms with Gasteiger partial charge in [-0.15, -0.1) is 0 Å². The van der Waals surface area contributed by atoms with Gasteiger partial charge in [-0.05, 0) is 86.7 Å². The zero-order chi connectivity index (χ0) is 31.4. The van der Waals surface area contributed by atoms with Gasteiger partial charge in [0.25, 0.3) is 0 Å². The van der Waals surface area contributed by atoms with Gasteiger partial charge in [0.15, 0.2) is 0 Å². The molecular weight excluding hydrogens is 584 g/mol. The van der Waals surface area contributed by atoms with Crippen molar-refractivity contribution in [2.45, 2.75) is 53.4 Å². The average Bonchev–Trinajstić information content (AvgIpc) is 3.53. The van der Waals surface area contributed by atoms with E-state index in [2.05, 4.69) is 43.6 Å². The lowest BCUT2D eigenvalue weighted by Gasteiger charge is -2.48. The first kappa shape index (κ1) is 31.1. The van der Waals surface area contributed by atoms with E-state index in [0.717, 1.165) is 76.1 Å². The van der Waals surface area contributed by atoms with E-state index in [1.165, 1.54) is 24.5 Å². The van der Waals surface area contributed by atoms with Crippen molar-refractivity contribution in [2.75, 3.05) is 44.7 Å². The predicted molar refractivity (Wildman–Crippen MR) is 173 cm³/mol. The number of urea groups is 1. The summed E-state index contributed by atoms with van der Waals surface area (Å²) in [4.78, 5) is 21.6. The molecule has 2 saturated heterocycles. The minimum Gasteiger partial charge on any atom is -0.371 e. The first-order chi connectivity index (χ1) is 21.8. The molecule has 2 amide bonds. The summed E-state index contributed by atoms with van der Waals surface area (Å²) in [6.07, 6.45) is 7.73. The maximum absolute atomic E-state index is 12.9. The number of pyridine rings is 1. The van der Waals surface area contributed by atoms with E-state index in [4.69, 9.17) is 0 Å². The molecule has 45 heavy (non-hydrogen) atoms. The van der Waals surface area contributed by atoms with Crippen LogP contribution in [0.15, 0.2) is 88.9 Å². The van der Waals surface area contributed by atoms with E-state index in [1.54, 1.807) is 19.2 Å². The Hall–Kier alpha value is -3.94. The number of anilines is 1. The molecule has 3 aliphatic rings. The third-order valence-electron chi connectivity index (χ3n) is 10.3. The fourth-order valence-corrected chi connectivity index (χ4v) is 9.19. The van der Waals surface area contributed by atoms with Gasteiger partial charge in [-0.1, -0.05) is 36.8 Å². The Morgan fingerprint density at radius 1 is 0.956 bits per heavy atom. The number of hydrogen-bond donors (Lipinski definition) is 2. The molecule has 3 atom stereocenters. The van der Waals surface area contributed by atoms with E-state index >= 15 is 0 Å². The smallest absolute Gasteiger partial charge is 0.314 e. The fraction of sp³-hybridized carbons (Fsp3) is 0.457. The summed E-state index contributed by atoms with van der Waals surface area (Å²) in [6.45, 7) is 4.82. The third-order valence-corrected chi connectivity index (χ3v) is 12.0. The van der Waals surface area contributed by atoms with E-state index in [9.17, 15) is 18.5 Å². The van der Waals surface area contributed by atoms with E-state index in [0.29, 0.717) is 5.92 Å². The lowest BCUT2D eigenvalue weighted by molar-refractivity contribution is 0.0965. The monoisotopic (exact) mass is 626 g/mol. The molecule has 2 aromatic carbocycles. The maximum Gasteiger partial charge on any atom is 0.314 e. The lowest BCUT2D eigenvalue weighted by Crippen LogP contribution is -2.55. The molecule has 0 radical (unpaired) electrons.